The quantitative estimate of drug-likeness (QED) is 0.819. The number of aliphatic hydroxyl groups excluding tert-OH is 1. The summed E-state index contributed by atoms with van der Waals surface area (Å²) in [4.78, 5) is 0. The van der Waals surface area contributed by atoms with Crippen LogP contribution in [0.3, 0.4) is 0 Å². The third kappa shape index (κ3) is 3.32. The van der Waals surface area contributed by atoms with Crippen molar-refractivity contribution < 1.29 is 5.11 Å². The normalized spacial score (nSPS) is 12.9. The first-order valence-corrected chi connectivity index (χ1v) is 5.74. The van der Waals surface area contributed by atoms with Crippen LogP contribution < -0.4 is 5.73 Å². The van der Waals surface area contributed by atoms with Gasteiger partial charge in [0.25, 0.3) is 0 Å². The lowest BCUT2D eigenvalue weighted by atomic mass is 9.80. The fourth-order valence-corrected chi connectivity index (χ4v) is 1.91. The van der Waals surface area contributed by atoms with Gasteiger partial charge >= 0.3 is 0 Å². The maximum absolute atomic E-state index is 9.44. The van der Waals surface area contributed by atoms with Crippen LogP contribution in [0.4, 0.5) is 0 Å². The monoisotopic (exact) mass is 221 g/mol. The minimum absolute atomic E-state index is 0.148. The lowest BCUT2D eigenvalue weighted by molar-refractivity contribution is 0.217. The molecule has 0 aliphatic rings. The van der Waals surface area contributed by atoms with Gasteiger partial charge in [0.05, 0.1) is 6.61 Å². The van der Waals surface area contributed by atoms with Gasteiger partial charge in [0, 0.05) is 11.0 Å². The van der Waals surface area contributed by atoms with E-state index in [-0.39, 0.29) is 17.6 Å². The Bertz CT molecular complexity index is 350. The molecule has 16 heavy (non-hydrogen) atoms. The first-order valence-electron chi connectivity index (χ1n) is 5.74. The summed E-state index contributed by atoms with van der Waals surface area (Å²) in [6.07, 6.45) is 0.826. The fraction of sp³-hybridized carbons (Fsp3) is 0.571. The Balaban J connectivity index is 3.11. The molecule has 0 saturated carbocycles. The van der Waals surface area contributed by atoms with Gasteiger partial charge in [-0.05, 0) is 31.4 Å². The fourth-order valence-electron chi connectivity index (χ4n) is 1.91. The van der Waals surface area contributed by atoms with Crippen LogP contribution in [-0.4, -0.2) is 17.3 Å². The lowest BCUT2D eigenvalue weighted by Crippen LogP contribution is -2.36. The first-order chi connectivity index (χ1) is 7.26. The average Bonchev–Trinajstić information content (AvgIpc) is 2.16. The van der Waals surface area contributed by atoms with Gasteiger partial charge < -0.3 is 10.8 Å². The number of aliphatic hydroxyl groups is 1. The van der Waals surface area contributed by atoms with E-state index in [9.17, 15) is 5.11 Å². The van der Waals surface area contributed by atoms with Crippen LogP contribution in [0.5, 0.6) is 0 Å². The van der Waals surface area contributed by atoms with Crippen LogP contribution in [0, 0.1) is 0 Å². The average molecular weight is 221 g/mol. The van der Waals surface area contributed by atoms with Gasteiger partial charge in [-0.15, -0.1) is 0 Å². The van der Waals surface area contributed by atoms with E-state index in [0.717, 1.165) is 6.42 Å². The van der Waals surface area contributed by atoms with Crippen molar-refractivity contribution in [3.8, 4) is 0 Å². The van der Waals surface area contributed by atoms with Crippen molar-refractivity contribution >= 4 is 0 Å². The van der Waals surface area contributed by atoms with Crippen LogP contribution in [0.25, 0.3) is 0 Å². The Morgan fingerprint density at radius 1 is 1.12 bits per heavy atom. The Morgan fingerprint density at radius 2 is 1.69 bits per heavy atom. The van der Waals surface area contributed by atoms with Crippen molar-refractivity contribution in [2.75, 3.05) is 6.61 Å². The summed E-state index contributed by atoms with van der Waals surface area (Å²) in [6, 6.07) is 8.22. The van der Waals surface area contributed by atoms with Gasteiger partial charge in [-0.1, -0.05) is 38.1 Å². The van der Waals surface area contributed by atoms with E-state index in [2.05, 4.69) is 26.0 Å². The number of hydrogen-bond acceptors (Lipinski definition) is 2. The Hall–Kier alpha value is -0.860. The molecule has 0 heterocycles. The maximum Gasteiger partial charge on any atom is 0.0522 e. The largest absolute Gasteiger partial charge is 0.395 e. The molecule has 0 saturated heterocycles. The summed E-state index contributed by atoms with van der Waals surface area (Å²) < 4.78 is 0. The maximum atomic E-state index is 9.44. The molecule has 2 heteroatoms. The highest BCUT2D eigenvalue weighted by molar-refractivity contribution is 5.34. The smallest absolute Gasteiger partial charge is 0.0522 e. The van der Waals surface area contributed by atoms with Crippen LogP contribution in [0.1, 0.15) is 38.8 Å². The molecule has 3 N–H and O–H groups in total. The van der Waals surface area contributed by atoms with Gasteiger partial charge in [-0.25, -0.2) is 0 Å². The lowest BCUT2D eigenvalue weighted by Gasteiger charge is -2.28. The number of hydrogen-bond donors (Lipinski definition) is 2. The van der Waals surface area contributed by atoms with Gasteiger partial charge in [-0.3, -0.25) is 0 Å². The number of nitrogens with two attached hydrogens (primary N) is 1. The predicted octanol–water partition coefficient (Wildman–Crippen LogP) is 2.24. The van der Waals surface area contributed by atoms with Crippen molar-refractivity contribution in [2.45, 2.75) is 45.1 Å². The molecule has 0 radical (unpaired) electrons. The first kappa shape index (κ1) is 13.2. The summed E-state index contributed by atoms with van der Waals surface area (Å²) in [5.41, 5.74) is 8.05. The number of benzene rings is 1. The van der Waals surface area contributed by atoms with E-state index in [1.165, 1.54) is 11.1 Å². The highest BCUT2D eigenvalue weighted by atomic mass is 16.3. The zero-order valence-electron chi connectivity index (χ0n) is 10.7. The van der Waals surface area contributed by atoms with E-state index in [0.29, 0.717) is 0 Å². The highest BCUT2D eigenvalue weighted by Gasteiger charge is 2.24. The molecule has 1 rings (SSSR count). The zero-order valence-corrected chi connectivity index (χ0v) is 10.7. The van der Waals surface area contributed by atoms with E-state index < -0.39 is 0 Å². The van der Waals surface area contributed by atoms with E-state index >= 15 is 0 Å². The molecule has 0 aliphatic carbocycles. The second-order valence-corrected chi connectivity index (χ2v) is 5.86. The van der Waals surface area contributed by atoms with Gasteiger partial charge in [-0.2, -0.15) is 0 Å². The summed E-state index contributed by atoms with van der Waals surface area (Å²) >= 11 is 0. The van der Waals surface area contributed by atoms with Crippen LogP contribution in [0.15, 0.2) is 24.3 Å². The molecule has 0 fully saturated rings. The van der Waals surface area contributed by atoms with Crippen LogP contribution in [0.2, 0.25) is 0 Å². The molecule has 2 nitrogen and oxygen atoms in total. The molecule has 0 spiro atoms. The Kier molecular flexibility index (Phi) is 3.76. The van der Waals surface area contributed by atoms with Crippen molar-refractivity contribution in [1.29, 1.82) is 0 Å². The van der Waals surface area contributed by atoms with Crippen molar-refractivity contribution in [1.82, 2.24) is 0 Å². The second-order valence-electron chi connectivity index (χ2n) is 5.86. The molecule has 0 bridgehead atoms. The third-order valence-corrected chi connectivity index (χ3v) is 2.79. The number of rotatable bonds is 4. The summed E-state index contributed by atoms with van der Waals surface area (Å²) in [7, 11) is 0. The molecule has 1 aromatic carbocycles. The van der Waals surface area contributed by atoms with Gasteiger partial charge in [0.2, 0.25) is 0 Å². The summed E-state index contributed by atoms with van der Waals surface area (Å²) in [5, 5.41) is 9.44. The summed E-state index contributed by atoms with van der Waals surface area (Å²) in [5.74, 6) is 0. The molecule has 0 amide bonds. The molecule has 0 unspecified atom stereocenters. The van der Waals surface area contributed by atoms with E-state index in [1.54, 1.807) is 0 Å². The summed E-state index contributed by atoms with van der Waals surface area (Å²) in [6.45, 7) is 8.30. The van der Waals surface area contributed by atoms with Gasteiger partial charge in [0.15, 0.2) is 0 Å². The Morgan fingerprint density at radius 3 is 2.19 bits per heavy atom. The van der Waals surface area contributed by atoms with Crippen molar-refractivity contribution in [2.24, 2.45) is 5.73 Å². The van der Waals surface area contributed by atoms with Crippen LogP contribution >= 0.6 is 0 Å². The SMILES string of the molecule is CC(C)(N)Cc1ccccc1C(C)(C)CO. The third-order valence-electron chi connectivity index (χ3n) is 2.79. The minimum Gasteiger partial charge on any atom is -0.395 e. The van der Waals surface area contributed by atoms with Crippen molar-refractivity contribution in [3.05, 3.63) is 35.4 Å². The molecular formula is C14H23NO. The molecule has 0 atom stereocenters. The molecule has 1 aromatic rings. The van der Waals surface area contributed by atoms with Gasteiger partial charge in [0.1, 0.15) is 0 Å². The second kappa shape index (κ2) is 4.56. The minimum atomic E-state index is -0.221. The van der Waals surface area contributed by atoms with Crippen LogP contribution in [-0.2, 0) is 11.8 Å². The predicted molar refractivity (Wildman–Crippen MR) is 68.5 cm³/mol. The molecule has 90 valence electrons. The molecule has 0 aromatic heterocycles. The standard InChI is InChI=1S/C14H23NO/c1-13(2,10-16)12-8-6-5-7-11(12)9-14(3,4)15/h5-8,16H,9-10,15H2,1-4H3. The Labute approximate surface area is 98.5 Å². The molecular weight excluding hydrogens is 198 g/mol. The highest BCUT2D eigenvalue weighted by Crippen LogP contribution is 2.27. The van der Waals surface area contributed by atoms with Crippen molar-refractivity contribution in [3.63, 3.8) is 0 Å². The van der Waals surface area contributed by atoms with E-state index in [4.69, 9.17) is 5.73 Å². The topological polar surface area (TPSA) is 46.2 Å². The van der Waals surface area contributed by atoms with E-state index in [1.807, 2.05) is 26.0 Å². The zero-order chi connectivity index (χ0) is 12.4. The molecule has 0 aliphatic heterocycles.